The van der Waals surface area contributed by atoms with E-state index in [9.17, 15) is 4.79 Å². The van der Waals surface area contributed by atoms with Crippen LogP contribution >= 0.6 is 0 Å². The number of primary amides is 1. The second-order valence-electron chi connectivity index (χ2n) is 3.36. The highest BCUT2D eigenvalue weighted by atomic mass is 16.3. The predicted octanol–water partition coefficient (Wildman–Crippen LogP) is 0.414. The number of hydrogen-bond donors (Lipinski definition) is 2. The Kier molecular flexibility index (Phi) is 2.49. The zero-order chi connectivity index (χ0) is 8.32. The van der Waals surface area contributed by atoms with Gasteiger partial charge in [-0.2, -0.15) is 0 Å². The predicted molar refractivity (Wildman–Crippen MR) is 41.8 cm³/mol. The van der Waals surface area contributed by atoms with Gasteiger partial charge in [0.05, 0.1) is 12.0 Å². The van der Waals surface area contributed by atoms with Crippen LogP contribution in [0.25, 0.3) is 0 Å². The fourth-order valence-corrected chi connectivity index (χ4v) is 1.71. The first-order valence-electron chi connectivity index (χ1n) is 4.12. The van der Waals surface area contributed by atoms with Gasteiger partial charge in [0, 0.05) is 0 Å². The van der Waals surface area contributed by atoms with E-state index in [1.165, 1.54) is 0 Å². The van der Waals surface area contributed by atoms with E-state index < -0.39 is 5.41 Å². The molecule has 11 heavy (non-hydrogen) atoms. The van der Waals surface area contributed by atoms with Crippen LogP contribution in [0, 0.1) is 5.41 Å². The van der Waals surface area contributed by atoms with Gasteiger partial charge in [0.25, 0.3) is 0 Å². The summed E-state index contributed by atoms with van der Waals surface area (Å²) in [4.78, 5) is 11.0. The van der Waals surface area contributed by atoms with Gasteiger partial charge in [0.2, 0.25) is 5.91 Å². The quantitative estimate of drug-likeness (QED) is 0.610. The number of aliphatic hydroxyl groups is 1. The summed E-state index contributed by atoms with van der Waals surface area (Å²) in [7, 11) is 0. The summed E-state index contributed by atoms with van der Waals surface area (Å²) in [6, 6.07) is 0. The Morgan fingerprint density at radius 2 is 1.91 bits per heavy atom. The fourth-order valence-electron chi connectivity index (χ4n) is 1.71. The standard InChI is InChI=1S/C8H15NO2/c9-7(11)8(6-10)4-2-1-3-5-8/h10H,1-6H2,(H2,9,11). The zero-order valence-corrected chi connectivity index (χ0v) is 6.68. The molecule has 1 amide bonds. The van der Waals surface area contributed by atoms with Gasteiger partial charge in [-0.05, 0) is 12.8 Å². The SMILES string of the molecule is NC(=O)C1(CO)CCCCC1. The average Bonchev–Trinajstić information content (AvgIpc) is 2.05. The van der Waals surface area contributed by atoms with Crippen molar-refractivity contribution >= 4 is 5.91 Å². The second-order valence-corrected chi connectivity index (χ2v) is 3.36. The lowest BCUT2D eigenvalue weighted by molar-refractivity contribution is -0.132. The van der Waals surface area contributed by atoms with E-state index in [0.717, 1.165) is 32.1 Å². The summed E-state index contributed by atoms with van der Waals surface area (Å²) in [6.07, 6.45) is 4.72. The van der Waals surface area contributed by atoms with Crippen LogP contribution in [-0.2, 0) is 4.79 Å². The van der Waals surface area contributed by atoms with Gasteiger partial charge in [-0.1, -0.05) is 19.3 Å². The highest BCUT2D eigenvalue weighted by Gasteiger charge is 2.36. The van der Waals surface area contributed by atoms with Crippen molar-refractivity contribution in [2.75, 3.05) is 6.61 Å². The molecule has 1 aliphatic carbocycles. The molecule has 3 N–H and O–H groups in total. The molecule has 1 aliphatic rings. The van der Waals surface area contributed by atoms with Gasteiger partial charge in [0.15, 0.2) is 0 Å². The second kappa shape index (κ2) is 3.22. The minimum absolute atomic E-state index is 0.0810. The first kappa shape index (κ1) is 8.53. The number of rotatable bonds is 2. The summed E-state index contributed by atoms with van der Waals surface area (Å²) in [5, 5.41) is 9.01. The maximum absolute atomic E-state index is 11.0. The number of carbonyl (C=O) groups excluding carboxylic acids is 1. The van der Waals surface area contributed by atoms with Gasteiger partial charge >= 0.3 is 0 Å². The summed E-state index contributed by atoms with van der Waals surface area (Å²) < 4.78 is 0. The average molecular weight is 157 g/mol. The molecule has 0 unspecified atom stereocenters. The van der Waals surface area contributed by atoms with E-state index in [4.69, 9.17) is 10.8 Å². The fraction of sp³-hybridized carbons (Fsp3) is 0.875. The molecule has 1 rings (SSSR count). The highest BCUT2D eigenvalue weighted by Crippen LogP contribution is 2.35. The Morgan fingerprint density at radius 1 is 1.36 bits per heavy atom. The minimum atomic E-state index is -0.585. The molecule has 0 bridgehead atoms. The van der Waals surface area contributed by atoms with Crippen molar-refractivity contribution in [2.24, 2.45) is 11.1 Å². The highest BCUT2D eigenvalue weighted by molar-refractivity contribution is 5.81. The molecule has 0 aromatic carbocycles. The first-order valence-corrected chi connectivity index (χ1v) is 4.12. The Morgan fingerprint density at radius 3 is 2.18 bits per heavy atom. The molecule has 0 aromatic heterocycles. The smallest absolute Gasteiger partial charge is 0.225 e. The van der Waals surface area contributed by atoms with E-state index in [-0.39, 0.29) is 12.5 Å². The largest absolute Gasteiger partial charge is 0.395 e. The van der Waals surface area contributed by atoms with Crippen molar-refractivity contribution in [3.8, 4) is 0 Å². The Labute approximate surface area is 66.6 Å². The first-order chi connectivity index (χ1) is 5.21. The van der Waals surface area contributed by atoms with Gasteiger partial charge in [-0.15, -0.1) is 0 Å². The van der Waals surface area contributed by atoms with Crippen molar-refractivity contribution < 1.29 is 9.90 Å². The van der Waals surface area contributed by atoms with E-state index >= 15 is 0 Å². The molecular formula is C8H15NO2. The number of hydrogen-bond acceptors (Lipinski definition) is 2. The van der Waals surface area contributed by atoms with Crippen molar-refractivity contribution in [3.05, 3.63) is 0 Å². The molecule has 1 saturated carbocycles. The Balaban J connectivity index is 2.64. The third-order valence-corrected chi connectivity index (χ3v) is 2.64. The van der Waals surface area contributed by atoms with Gasteiger partial charge in [-0.25, -0.2) is 0 Å². The van der Waals surface area contributed by atoms with Gasteiger partial charge in [0.1, 0.15) is 0 Å². The van der Waals surface area contributed by atoms with E-state index in [1.54, 1.807) is 0 Å². The lowest BCUT2D eigenvalue weighted by atomic mass is 9.74. The van der Waals surface area contributed by atoms with Crippen LogP contribution in [0.1, 0.15) is 32.1 Å². The van der Waals surface area contributed by atoms with E-state index in [2.05, 4.69) is 0 Å². The van der Waals surface area contributed by atoms with Crippen molar-refractivity contribution in [2.45, 2.75) is 32.1 Å². The van der Waals surface area contributed by atoms with Crippen molar-refractivity contribution in [3.63, 3.8) is 0 Å². The monoisotopic (exact) mass is 157 g/mol. The summed E-state index contributed by atoms with van der Waals surface area (Å²) in [5.74, 6) is -0.334. The van der Waals surface area contributed by atoms with Gasteiger partial charge < -0.3 is 10.8 Å². The van der Waals surface area contributed by atoms with Crippen LogP contribution in [0.15, 0.2) is 0 Å². The van der Waals surface area contributed by atoms with Crippen LogP contribution in [0.3, 0.4) is 0 Å². The molecule has 0 atom stereocenters. The maximum atomic E-state index is 11.0. The van der Waals surface area contributed by atoms with Gasteiger partial charge in [-0.3, -0.25) is 4.79 Å². The molecule has 3 heteroatoms. The molecule has 0 radical (unpaired) electrons. The van der Waals surface area contributed by atoms with E-state index in [1.807, 2.05) is 0 Å². The molecule has 1 fully saturated rings. The molecule has 0 aliphatic heterocycles. The van der Waals surface area contributed by atoms with Crippen LogP contribution in [0.4, 0.5) is 0 Å². The van der Waals surface area contributed by atoms with Crippen molar-refractivity contribution in [1.82, 2.24) is 0 Å². The zero-order valence-electron chi connectivity index (χ0n) is 6.68. The van der Waals surface area contributed by atoms with Crippen LogP contribution in [0.2, 0.25) is 0 Å². The minimum Gasteiger partial charge on any atom is -0.395 e. The maximum Gasteiger partial charge on any atom is 0.225 e. The van der Waals surface area contributed by atoms with E-state index in [0.29, 0.717) is 0 Å². The molecule has 0 saturated heterocycles. The molecular weight excluding hydrogens is 142 g/mol. The van der Waals surface area contributed by atoms with Crippen LogP contribution in [-0.4, -0.2) is 17.6 Å². The number of nitrogens with two attached hydrogens (primary N) is 1. The molecule has 0 heterocycles. The third kappa shape index (κ3) is 1.53. The number of amides is 1. The topological polar surface area (TPSA) is 63.3 Å². The van der Waals surface area contributed by atoms with Crippen LogP contribution in [0.5, 0.6) is 0 Å². The lowest BCUT2D eigenvalue weighted by Crippen LogP contribution is -2.41. The number of aliphatic hydroxyl groups excluding tert-OH is 1. The summed E-state index contributed by atoms with van der Waals surface area (Å²) >= 11 is 0. The molecule has 0 aromatic rings. The summed E-state index contributed by atoms with van der Waals surface area (Å²) in [5.41, 5.74) is 4.63. The summed E-state index contributed by atoms with van der Waals surface area (Å²) in [6.45, 7) is -0.0810. The Bertz CT molecular complexity index is 150. The molecule has 3 nitrogen and oxygen atoms in total. The van der Waals surface area contributed by atoms with Crippen LogP contribution < -0.4 is 5.73 Å². The Hall–Kier alpha value is -0.570. The third-order valence-electron chi connectivity index (χ3n) is 2.64. The molecule has 0 spiro atoms. The van der Waals surface area contributed by atoms with Crippen molar-refractivity contribution in [1.29, 1.82) is 0 Å². The molecule has 64 valence electrons. The number of carbonyl (C=O) groups is 1. The normalized spacial score (nSPS) is 23.0. The lowest BCUT2D eigenvalue weighted by Gasteiger charge is -2.31.